The second-order valence-electron chi connectivity index (χ2n) is 6.85. The number of aromatic nitrogens is 1. The number of hydrogen-bond donors (Lipinski definition) is 1. The summed E-state index contributed by atoms with van der Waals surface area (Å²) >= 11 is 0. The van der Waals surface area contributed by atoms with Crippen molar-refractivity contribution in [1.29, 1.82) is 0 Å². The molecular formula is C22H27N3O3. The van der Waals surface area contributed by atoms with E-state index in [4.69, 9.17) is 9.47 Å². The number of piperidine rings is 1. The number of rotatable bonds is 7. The molecule has 1 saturated heterocycles. The molecule has 0 bridgehead atoms. The molecule has 0 unspecified atom stereocenters. The molecule has 0 saturated carbocycles. The largest absolute Gasteiger partial charge is 0.493 e. The van der Waals surface area contributed by atoms with Crippen LogP contribution in [0.1, 0.15) is 24.1 Å². The van der Waals surface area contributed by atoms with Crippen molar-refractivity contribution in [2.45, 2.75) is 25.4 Å². The molecule has 0 aliphatic carbocycles. The molecule has 1 amide bonds. The molecule has 1 N–H and O–H groups in total. The van der Waals surface area contributed by atoms with Crippen LogP contribution >= 0.6 is 0 Å². The molecule has 1 aliphatic heterocycles. The van der Waals surface area contributed by atoms with Gasteiger partial charge in [0.15, 0.2) is 11.5 Å². The Labute approximate surface area is 166 Å². The van der Waals surface area contributed by atoms with Gasteiger partial charge in [-0.25, -0.2) is 0 Å². The molecule has 2 heterocycles. The third-order valence-electron chi connectivity index (χ3n) is 4.80. The summed E-state index contributed by atoms with van der Waals surface area (Å²) in [7, 11) is 3.19. The first-order valence-corrected chi connectivity index (χ1v) is 9.51. The zero-order valence-electron chi connectivity index (χ0n) is 16.4. The van der Waals surface area contributed by atoms with Crippen LogP contribution in [0, 0.1) is 0 Å². The Morgan fingerprint density at radius 2 is 2.11 bits per heavy atom. The van der Waals surface area contributed by atoms with E-state index in [0.29, 0.717) is 11.5 Å². The van der Waals surface area contributed by atoms with E-state index in [0.717, 1.165) is 43.7 Å². The van der Waals surface area contributed by atoms with Crippen LogP contribution in [0.2, 0.25) is 0 Å². The van der Waals surface area contributed by atoms with Gasteiger partial charge >= 0.3 is 0 Å². The van der Waals surface area contributed by atoms with Gasteiger partial charge in [0, 0.05) is 31.4 Å². The standard InChI is InChI=1S/C22H27N3O3/c1-27-20-10-8-17(14-21(20)28-2)9-11-22(26)24-19-7-5-13-25(16-19)15-18-6-3-4-12-23-18/h3-4,6,8-12,14,19H,5,7,13,15-16H2,1-2H3,(H,24,26)/b11-9+/t19-/m0/s1. The van der Waals surface area contributed by atoms with Crippen LogP contribution in [0.5, 0.6) is 11.5 Å². The number of methoxy groups -OCH3 is 2. The van der Waals surface area contributed by atoms with Gasteiger partial charge in [-0.2, -0.15) is 0 Å². The molecule has 0 radical (unpaired) electrons. The Morgan fingerprint density at radius 3 is 2.86 bits per heavy atom. The lowest BCUT2D eigenvalue weighted by Crippen LogP contribution is -2.47. The topological polar surface area (TPSA) is 63.7 Å². The van der Waals surface area contributed by atoms with Crippen molar-refractivity contribution >= 4 is 12.0 Å². The van der Waals surface area contributed by atoms with Gasteiger partial charge in [-0.1, -0.05) is 12.1 Å². The van der Waals surface area contributed by atoms with Crippen molar-refractivity contribution in [1.82, 2.24) is 15.2 Å². The van der Waals surface area contributed by atoms with Gasteiger partial charge in [0.2, 0.25) is 5.91 Å². The molecule has 1 fully saturated rings. The van der Waals surface area contributed by atoms with Crippen LogP contribution in [0.25, 0.3) is 6.08 Å². The third kappa shape index (κ3) is 5.57. The highest BCUT2D eigenvalue weighted by atomic mass is 16.5. The fraction of sp³-hybridized carbons (Fsp3) is 0.364. The number of likely N-dealkylation sites (tertiary alicyclic amines) is 1. The molecule has 28 heavy (non-hydrogen) atoms. The minimum atomic E-state index is -0.0838. The van der Waals surface area contributed by atoms with E-state index in [1.807, 2.05) is 42.6 Å². The summed E-state index contributed by atoms with van der Waals surface area (Å²) in [5.41, 5.74) is 1.94. The summed E-state index contributed by atoms with van der Waals surface area (Å²) in [5, 5.41) is 3.11. The Morgan fingerprint density at radius 1 is 1.25 bits per heavy atom. The van der Waals surface area contributed by atoms with E-state index < -0.39 is 0 Å². The third-order valence-corrected chi connectivity index (χ3v) is 4.80. The minimum absolute atomic E-state index is 0.0838. The summed E-state index contributed by atoms with van der Waals surface area (Å²) in [6.45, 7) is 2.69. The first-order valence-electron chi connectivity index (χ1n) is 9.51. The van der Waals surface area contributed by atoms with E-state index in [9.17, 15) is 4.79 Å². The number of nitrogens with zero attached hydrogens (tertiary/aromatic N) is 2. The van der Waals surface area contributed by atoms with Crippen LogP contribution in [0.4, 0.5) is 0 Å². The molecule has 1 aromatic heterocycles. The van der Waals surface area contributed by atoms with Crippen molar-refractivity contribution in [3.8, 4) is 11.5 Å². The maximum atomic E-state index is 12.3. The molecule has 1 atom stereocenters. The van der Waals surface area contributed by atoms with Crippen LogP contribution in [-0.4, -0.2) is 49.1 Å². The van der Waals surface area contributed by atoms with Crippen molar-refractivity contribution in [2.75, 3.05) is 27.3 Å². The van der Waals surface area contributed by atoms with Crippen molar-refractivity contribution in [2.24, 2.45) is 0 Å². The maximum absolute atomic E-state index is 12.3. The molecule has 1 aliphatic rings. The SMILES string of the molecule is COc1ccc(/C=C/C(=O)N[C@H]2CCCN(Cc3ccccn3)C2)cc1OC. The molecule has 0 spiro atoms. The molecule has 6 heteroatoms. The number of nitrogens with one attached hydrogen (secondary N) is 1. The van der Waals surface area contributed by atoms with Gasteiger partial charge < -0.3 is 14.8 Å². The lowest BCUT2D eigenvalue weighted by atomic mass is 10.1. The van der Waals surface area contributed by atoms with Gasteiger partial charge in [-0.15, -0.1) is 0 Å². The fourth-order valence-electron chi connectivity index (χ4n) is 3.42. The molecule has 1 aromatic carbocycles. The van der Waals surface area contributed by atoms with Crippen LogP contribution in [-0.2, 0) is 11.3 Å². The quantitative estimate of drug-likeness (QED) is 0.747. The normalized spacial score (nSPS) is 17.4. The van der Waals surface area contributed by atoms with Crippen LogP contribution in [0.3, 0.4) is 0 Å². The monoisotopic (exact) mass is 381 g/mol. The first-order chi connectivity index (χ1) is 13.7. The average Bonchev–Trinajstić information content (AvgIpc) is 2.73. The summed E-state index contributed by atoms with van der Waals surface area (Å²) < 4.78 is 10.5. The number of benzene rings is 1. The van der Waals surface area contributed by atoms with E-state index >= 15 is 0 Å². The summed E-state index contributed by atoms with van der Waals surface area (Å²) in [6.07, 6.45) is 7.23. The predicted molar refractivity (Wildman–Crippen MR) is 109 cm³/mol. The Bertz CT molecular complexity index is 808. The van der Waals surface area contributed by atoms with Crippen LogP contribution in [0.15, 0.2) is 48.7 Å². The Hall–Kier alpha value is -2.86. The molecule has 3 rings (SSSR count). The fourth-order valence-corrected chi connectivity index (χ4v) is 3.42. The second-order valence-corrected chi connectivity index (χ2v) is 6.85. The Kier molecular flexibility index (Phi) is 7.03. The van der Waals surface area contributed by atoms with Gasteiger partial charge in [-0.3, -0.25) is 14.7 Å². The number of hydrogen-bond acceptors (Lipinski definition) is 5. The predicted octanol–water partition coefficient (Wildman–Crippen LogP) is 2.89. The van der Waals surface area contributed by atoms with Gasteiger partial charge in [-0.05, 0) is 55.3 Å². The van der Waals surface area contributed by atoms with Gasteiger partial charge in [0.25, 0.3) is 0 Å². The summed E-state index contributed by atoms with van der Waals surface area (Å²) in [5.74, 6) is 1.22. The maximum Gasteiger partial charge on any atom is 0.244 e. The minimum Gasteiger partial charge on any atom is -0.493 e. The lowest BCUT2D eigenvalue weighted by Gasteiger charge is -2.32. The van der Waals surface area contributed by atoms with E-state index in [1.165, 1.54) is 0 Å². The highest BCUT2D eigenvalue weighted by Crippen LogP contribution is 2.27. The van der Waals surface area contributed by atoms with Gasteiger partial charge in [0.1, 0.15) is 0 Å². The molecule has 148 valence electrons. The summed E-state index contributed by atoms with van der Waals surface area (Å²) in [6, 6.07) is 11.7. The Balaban J connectivity index is 1.53. The number of amides is 1. The van der Waals surface area contributed by atoms with E-state index in [2.05, 4.69) is 15.2 Å². The zero-order chi connectivity index (χ0) is 19.8. The summed E-state index contributed by atoms with van der Waals surface area (Å²) in [4.78, 5) is 19.1. The molecular weight excluding hydrogens is 354 g/mol. The van der Waals surface area contributed by atoms with Crippen LogP contribution < -0.4 is 14.8 Å². The lowest BCUT2D eigenvalue weighted by molar-refractivity contribution is -0.117. The smallest absolute Gasteiger partial charge is 0.244 e. The number of carbonyl (C=O) groups excluding carboxylic acids is 1. The van der Waals surface area contributed by atoms with E-state index in [1.54, 1.807) is 26.4 Å². The second kappa shape index (κ2) is 9.90. The number of pyridine rings is 1. The zero-order valence-corrected chi connectivity index (χ0v) is 16.4. The van der Waals surface area contributed by atoms with E-state index in [-0.39, 0.29) is 11.9 Å². The number of carbonyl (C=O) groups is 1. The van der Waals surface area contributed by atoms with Crippen molar-refractivity contribution in [3.05, 3.63) is 59.9 Å². The average molecular weight is 381 g/mol. The van der Waals surface area contributed by atoms with Gasteiger partial charge in [0.05, 0.1) is 19.9 Å². The molecule has 6 nitrogen and oxygen atoms in total. The first kappa shape index (κ1) is 19.9. The molecule has 2 aromatic rings. The highest BCUT2D eigenvalue weighted by Gasteiger charge is 2.21. The highest BCUT2D eigenvalue weighted by molar-refractivity contribution is 5.92. The van der Waals surface area contributed by atoms with Crippen molar-refractivity contribution < 1.29 is 14.3 Å². The van der Waals surface area contributed by atoms with Crippen molar-refractivity contribution in [3.63, 3.8) is 0 Å². The number of ether oxygens (including phenoxy) is 2.